The van der Waals surface area contributed by atoms with Crippen molar-refractivity contribution in [3.8, 4) is 0 Å². The van der Waals surface area contributed by atoms with Crippen LogP contribution in [0.5, 0.6) is 0 Å². The number of ketones is 1. The molecule has 0 aliphatic carbocycles. The Morgan fingerprint density at radius 3 is 2.70 bits per heavy atom. The maximum Gasteiger partial charge on any atom is 0.251 e. The van der Waals surface area contributed by atoms with Gasteiger partial charge in [0.25, 0.3) is 5.56 Å². The van der Waals surface area contributed by atoms with Crippen molar-refractivity contribution in [2.45, 2.75) is 24.9 Å². The number of carbonyl (C=O) groups excluding carboxylic acids is 1. The van der Waals surface area contributed by atoms with Gasteiger partial charge in [-0.3, -0.25) is 14.6 Å². The van der Waals surface area contributed by atoms with Crippen LogP contribution < -0.4 is 5.56 Å². The van der Waals surface area contributed by atoms with E-state index in [9.17, 15) is 9.59 Å². The molecule has 0 fully saturated rings. The number of pyridine rings is 1. The summed E-state index contributed by atoms with van der Waals surface area (Å²) in [5.74, 6) is 0.386. The molecule has 20 heavy (non-hydrogen) atoms. The molecular weight excluding hydrogens is 274 g/mol. The second-order valence-corrected chi connectivity index (χ2v) is 5.54. The fourth-order valence-electron chi connectivity index (χ4n) is 1.57. The highest BCUT2D eigenvalue weighted by atomic mass is 32.2. The molecule has 0 atom stereocenters. The highest BCUT2D eigenvalue weighted by Gasteiger charge is 2.09. The lowest BCUT2D eigenvalue weighted by Gasteiger charge is -2.06. The van der Waals surface area contributed by atoms with Crippen LogP contribution in [0, 0.1) is 0 Å². The molecule has 1 N–H and O–H groups in total. The first kappa shape index (κ1) is 14.5. The molecule has 2 heterocycles. The van der Waals surface area contributed by atoms with Gasteiger partial charge in [-0.1, -0.05) is 25.6 Å². The van der Waals surface area contributed by atoms with E-state index in [4.69, 9.17) is 0 Å². The molecule has 0 bridgehead atoms. The highest BCUT2D eigenvalue weighted by molar-refractivity contribution is 7.99. The predicted molar refractivity (Wildman–Crippen MR) is 78.2 cm³/mol. The van der Waals surface area contributed by atoms with E-state index in [0.29, 0.717) is 10.7 Å². The number of carbonyl (C=O) groups is 1. The van der Waals surface area contributed by atoms with Crippen LogP contribution in [0.4, 0.5) is 0 Å². The zero-order valence-electron chi connectivity index (χ0n) is 11.3. The molecule has 0 aliphatic heterocycles. The molecule has 0 saturated carbocycles. The van der Waals surface area contributed by atoms with E-state index in [0.717, 1.165) is 5.69 Å². The van der Waals surface area contributed by atoms with Crippen LogP contribution in [0.15, 0.2) is 40.5 Å². The van der Waals surface area contributed by atoms with Gasteiger partial charge in [0.2, 0.25) is 0 Å². The van der Waals surface area contributed by atoms with Gasteiger partial charge in [-0.25, -0.2) is 4.98 Å². The summed E-state index contributed by atoms with van der Waals surface area (Å²) in [4.78, 5) is 34.3. The summed E-state index contributed by atoms with van der Waals surface area (Å²) in [7, 11) is 0. The highest BCUT2D eigenvalue weighted by Crippen LogP contribution is 2.16. The SMILES string of the molecule is CC(C)c1cc(=O)[nH]c(SCC(=O)c2ccncc2)n1. The van der Waals surface area contributed by atoms with E-state index in [-0.39, 0.29) is 23.0 Å². The topological polar surface area (TPSA) is 75.7 Å². The number of rotatable bonds is 5. The smallest absolute Gasteiger partial charge is 0.251 e. The molecular formula is C14H15N3O2S. The molecule has 2 rings (SSSR count). The Morgan fingerprint density at radius 1 is 1.35 bits per heavy atom. The van der Waals surface area contributed by atoms with E-state index in [2.05, 4.69) is 15.0 Å². The molecule has 5 nitrogen and oxygen atoms in total. The van der Waals surface area contributed by atoms with E-state index in [1.807, 2.05) is 13.8 Å². The van der Waals surface area contributed by atoms with Crippen LogP contribution in [0.3, 0.4) is 0 Å². The van der Waals surface area contributed by atoms with Gasteiger partial charge in [0, 0.05) is 24.0 Å². The number of H-pyrrole nitrogens is 1. The molecule has 104 valence electrons. The van der Waals surface area contributed by atoms with Gasteiger partial charge in [-0.05, 0) is 18.1 Å². The molecule has 0 aromatic carbocycles. The van der Waals surface area contributed by atoms with Crippen LogP contribution in [0.1, 0.15) is 35.8 Å². The first-order chi connectivity index (χ1) is 9.56. The van der Waals surface area contributed by atoms with Crippen molar-refractivity contribution in [2.75, 3.05) is 5.75 Å². The second-order valence-electron chi connectivity index (χ2n) is 4.58. The first-order valence-corrected chi connectivity index (χ1v) is 7.22. The maximum atomic E-state index is 12.0. The summed E-state index contributed by atoms with van der Waals surface area (Å²) in [5.41, 5.74) is 1.14. The van der Waals surface area contributed by atoms with Crippen molar-refractivity contribution >= 4 is 17.5 Å². The molecule has 6 heteroatoms. The summed E-state index contributed by atoms with van der Waals surface area (Å²) in [6.45, 7) is 3.94. The molecule has 0 aliphatic rings. The van der Waals surface area contributed by atoms with Gasteiger partial charge >= 0.3 is 0 Å². The van der Waals surface area contributed by atoms with Crippen molar-refractivity contribution in [1.29, 1.82) is 0 Å². The fraction of sp³-hybridized carbons (Fsp3) is 0.286. The number of hydrogen-bond donors (Lipinski definition) is 1. The number of thioether (sulfide) groups is 1. The van der Waals surface area contributed by atoms with Crippen molar-refractivity contribution < 1.29 is 4.79 Å². The van der Waals surface area contributed by atoms with Crippen LogP contribution in [-0.2, 0) is 0 Å². The van der Waals surface area contributed by atoms with E-state index >= 15 is 0 Å². The minimum absolute atomic E-state index is 0.0185. The quantitative estimate of drug-likeness (QED) is 0.519. The summed E-state index contributed by atoms with van der Waals surface area (Å²) >= 11 is 1.23. The maximum absolute atomic E-state index is 12.0. The number of hydrogen-bond acceptors (Lipinski definition) is 5. The van der Waals surface area contributed by atoms with Crippen LogP contribution in [-0.4, -0.2) is 26.5 Å². The Hall–Kier alpha value is -1.95. The molecule has 0 unspecified atom stereocenters. The Morgan fingerprint density at radius 2 is 2.05 bits per heavy atom. The molecule has 0 radical (unpaired) electrons. The monoisotopic (exact) mass is 289 g/mol. The first-order valence-electron chi connectivity index (χ1n) is 6.23. The van der Waals surface area contributed by atoms with Gasteiger partial charge in [0.15, 0.2) is 10.9 Å². The molecule has 0 saturated heterocycles. The molecule has 2 aromatic rings. The van der Waals surface area contributed by atoms with Crippen LogP contribution in [0.2, 0.25) is 0 Å². The van der Waals surface area contributed by atoms with E-state index < -0.39 is 0 Å². The van der Waals surface area contributed by atoms with Crippen molar-refractivity contribution in [2.24, 2.45) is 0 Å². The average Bonchev–Trinajstić information content (AvgIpc) is 2.45. The molecule has 0 spiro atoms. The summed E-state index contributed by atoms with van der Waals surface area (Å²) in [5, 5.41) is 0.476. The Kier molecular flexibility index (Phi) is 4.68. The number of nitrogens with zero attached hydrogens (tertiary/aromatic N) is 2. The number of nitrogens with one attached hydrogen (secondary N) is 1. The van der Waals surface area contributed by atoms with Crippen LogP contribution in [0.25, 0.3) is 0 Å². The fourth-order valence-corrected chi connectivity index (χ4v) is 2.35. The third-order valence-corrected chi connectivity index (χ3v) is 3.55. The van der Waals surface area contributed by atoms with E-state index in [1.165, 1.54) is 17.8 Å². The Bertz CT molecular complexity index is 653. The lowest BCUT2D eigenvalue weighted by molar-refractivity contribution is 0.102. The lowest BCUT2D eigenvalue weighted by Crippen LogP contribution is -2.12. The molecule has 0 amide bonds. The third kappa shape index (κ3) is 3.77. The van der Waals surface area contributed by atoms with Gasteiger partial charge in [0.05, 0.1) is 11.4 Å². The standard InChI is InChI=1S/C14H15N3O2S/c1-9(2)11-7-13(19)17-14(16-11)20-8-12(18)10-3-5-15-6-4-10/h3-7,9H,8H2,1-2H3,(H,16,17,19). The Labute approximate surface area is 120 Å². The molecule has 2 aromatic heterocycles. The summed E-state index contributed by atoms with van der Waals surface area (Å²) in [6, 6.07) is 4.83. The normalized spacial score (nSPS) is 10.8. The summed E-state index contributed by atoms with van der Waals surface area (Å²) in [6.07, 6.45) is 3.16. The third-order valence-electron chi connectivity index (χ3n) is 2.67. The Balaban J connectivity index is 2.08. The number of Topliss-reactive ketones (excluding diaryl/α,β-unsaturated/α-hetero) is 1. The van der Waals surface area contributed by atoms with Gasteiger partial charge in [-0.15, -0.1) is 0 Å². The van der Waals surface area contributed by atoms with Gasteiger partial charge in [0.1, 0.15) is 0 Å². The van der Waals surface area contributed by atoms with Crippen molar-refractivity contribution in [3.63, 3.8) is 0 Å². The van der Waals surface area contributed by atoms with Gasteiger partial charge < -0.3 is 4.98 Å². The minimum atomic E-state index is -0.192. The average molecular weight is 289 g/mol. The minimum Gasteiger partial charge on any atom is -0.301 e. The predicted octanol–water partition coefficient (Wildman–Crippen LogP) is 2.26. The lowest BCUT2D eigenvalue weighted by atomic mass is 10.1. The van der Waals surface area contributed by atoms with Gasteiger partial charge in [-0.2, -0.15) is 0 Å². The van der Waals surface area contributed by atoms with Crippen molar-refractivity contribution in [3.05, 3.63) is 52.2 Å². The second kappa shape index (κ2) is 6.47. The van der Waals surface area contributed by atoms with E-state index in [1.54, 1.807) is 24.5 Å². The van der Waals surface area contributed by atoms with Crippen LogP contribution >= 0.6 is 11.8 Å². The largest absolute Gasteiger partial charge is 0.301 e. The van der Waals surface area contributed by atoms with Crippen molar-refractivity contribution in [1.82, 2.24) is 15.0 Å². The number of aromatic nitrogens is 3. The zero-order valence-corrected chi connectivity index (χ0v) is 12.1. The number of aromatic amines is 1. The summed E-state index contributed by atoms with van der Waals surface area (Å²) < 4.78 is 0. The zero-order chi connectivity index (χ0) is 14.5.